The highest BCUT2D eigenvalue weighted by Crippen LogP contribution is 2.45. The number of aromatic nitrogens is 1. The molecule has 0 radical (unpaired) electrons. The summed E-state index contributed by atoms with van der Waals surface area (Å²) in [6.07, 6.45) is 0. The number of thiazole rings is 1. The Bertz CT molecular complexity index is 1520. The minimum Gasteiger partial charge on any atom is -0.507 e. The molecule has 0 saturated carbocycles. The number of aliphatic hydroxyl groups is 1. The van der Waals surface area contributed by atoms with Crippen LogP contribution in [0.2, 0.25) is 0 Å². The molecule has 0 spiro atoms. The van der Waals surface area contributed by atoms with Crippen LogP contribution in [-0.2, 0) is 9.59 Å². The lowest BCUT2D eigenvalue weighted by Crippen LogP contribution is -2.29. The van der Waals surface area contributed by atoms with Gasteiger partial charge in [-0.3, -0.25) is 14.5 Å². The van der Waals surface area contributed by atoms with Gasteiger partial charge in [-0.05, 0) is 61.4 Å². The predicted molar refractivity (Wildman–Crippen MR) is 133 cm³/mol. The molecule has 1 aliphatic rings. The maximum absolute atomic E-state index is 15.1. The first-order valence-corrected chi connectivity index (χ1v) is 11.7. The SMILES string of the molecule is COc1ccc(C(O)=C2C(=O)C(=O)N(c3nc4c(C)cc(C)cc4s3)[C@@H]2c2ccccc2F)cc1. The number of ketones is 1. The average Bonchev–Trinajstić information content (AvgIpc) is 3.37. The van der Waals surface area contributed by atoms with E-state index in [0.29, 0.717) is 16.8 Å². The molecule has 1 fully saturated rings. The van der Waals surface area contributed by atoms with Crippen LogP contribution in [0.4, 0.5) is 9.52 Å². The summed E-state index contributed by atoms with van der Waals surface area (Å²) in [5.41, 5.74) is 2.88. The van der Waals surface area contributed by atoms with Gasteiger partial charge in [0.2, 0.25) is 0 Å². The average molecular weight is 489 g/mol. The molecule has 8 heteroatoms. The van der Waals surface area contributed by atoms with Crippen molar-refractivity contribution in [3.63, 3.8) is 0 Å². The van der Waals surface area contributed by atoms with Crippen molar-refractivity contribution in [3.8, 4) is 5.75 Å². The highest BCUT2D eigenvalue weighted by molar-refractivity contribution is 7.22. The van der Waals surface area contributed by atoms with E-state index in [1.165, 1.54) is 41.5 Å². The minimum atomic E-state index is -1.18. The van der Waals surface area contributed by atoms with Gasteiger partial charge in [0.25, 0.3) is 5.78 Å². The Morgan fingerprint density at radius 1 is 1.09 bits per heavy atom. The fraction of sp³-hybridized carbons (Fsp3) is 0.148. The van der Waals surface area contributed by atoms with Crippen molar-refractivity contribution in [2.45, 2.75) is 19.9 Å². The van der Waals surface area contributed by atoms with E-state index in [9.17, 15) is 14.7 Å². The second-order valence-corrected chi connectivity index (χ2v) is 9.35. The van der Waals surface area contributed by atoms with Gasteiger partial charge in [-0.2, -0.15) is 0 Å². The summed E-state index contributed by atoms with van der Waals surface area (Å²) in [4.78, 5) is 32.4. The number of aliphatic hydroxyl groups excluding tert-OH is 1. The number of fused-ring (bicyclic) bond motifs is 1. The standard InChI is InChI=1S/C27H21FN2O4S/c1-14-12-15(2)22-20(13-14)35-27(29-22)30-23(18-6-4-5-7-19(18)28)21(25(32)26(30)33)24(31)16-8-10-17(34-3)11-9-16/h4-13,23,31H,1-3H3/t23-/m1/s1. The molecule has 1 aromatic heterocycles. The van der Waals surface area contributed by atoms with Crippen LogP contribution in [-0.4, -0.2) is 28.9 Å². The molecule has 5 rings (SSSR count). The van der Waals surface area contributed by atoms with Gasteiger partial charge < -0.3 is 9.84 Å². The van der Waals surface area contributed by atoms with E-state index < -0.39 is 29.3 Å². The number of hydrogen-bond acceptors (Lipinski definition) is 6. The monoisotopic (exact) mass is 488 g/mol. The Balaban J connectivity index is 1.74. The largest absolute Gasteiger partial charge is 0.507 e. The molecule has 4 aromatic rings. The second kappa shape index (κ2) is 8.63. The van der Waals surface area contributed by atoms with E-state index in [-0.39, 0.29) is 16.3 Å². The van der Waals surface area contributed by atoms with E-state index in [0.717, 1.165) is 15.8 Å². The van der Waals surface area contributed by atoms with Gasteiger partial charge in [0.15, 0.2) is 5.13 Å². The number of Topliss-reactive ketones (excluding diaryl/α,β-unsaturated/α-hetero) is 1. The number of carbonyl (C=O) groups is 2. The first-order chi connectivity index (χ1) is 16.8. The Morgan fingerprint density at radius 3 is 2.49 bits per heavy atom. The summed E-state index contributed by atoms with van der Waals surface area (Å²) < 4.78 is 21.1. The van der Waals surface area contributed by atoms with E-state index in [4.69, 9.17) is 4.74 Å². The minimum absolute atomic E-state index is 0.0916. The number of amides is 1. The number of rotatable bonds is 4. The topological polar surface area (TPSA) is 79.7 Å². The van der Waals surface area contributed by atoms with Crippen LogP contribution in [0, 0.1) is 19.7 Å². The molecule has 3 aromatic carbocycles. The summed E-state index contributed by atoms with van der Waals surface area (Å²) in [6.45, 7) is 3.89. The number of anilines is 1. The van der Waals surface area contributed by atoms with Gasteiger partial charge >= 0.3 is 5.91 Å². The molecule has 1 aliphatic heterocycles. The number of nitrogens with zero attached hydrogens (tertiary/aromatic N) is 2. The van der Waals surface area contributed by atoms with E-state index in [1.54, 1.807) is 30.3 Å². The first-order valence-electron chi connectivity index (χ1n) is 10.9. The molecule has 1 N–H and O–H groups in total. The van der Waals surface area contributed by atoms with Gasteiger partial charge in [-0.15, -0.1) is 0 Å². The normalized spacial score (nSPS) is 17.4. The molecule has 1 saturated heterocycles. The molecule has 0 unspecified atom stereocenters. The molecule has 35 heavy (non-hydrogen) atoms. The molecule has 1 atom stereocenters. The summed E-state index contributed by atoms with van der Waals surface area (Å²) in [7, 11) is 1.51. The van der Waals surface area contributed by atoms with Gasteiger partial charge in [0, 0.05) is 11.1 Å². The molecule has 0 aliphatic carbocycles. The van der Waals surface area contributed by atoms with Gasteiger partial charge in [-0.25, -0.2) is 9.37 Å². The quantitative estimate of drug-likeness (QED) is 0.227. The Hall–Kier alpha value is -4.04. The van der Waals surface area contributed by atoms with Crippen LogP contribution in [0.25, 0.3) is 16.0 Å². The third kappa shape index (κ3) is 3.76. The zero-order valence-corrected chi connectivity index (χ0v) is 20.0. The van der Waals surface area contributed by atoms with Crippen molar-refractivity contribution in [2.75, 3.05) is 12.0 Å². The van der Waals surface area contributed by atoms with Gasteiger partial charge in [0.1, 0.15) is 23.4 Å². The number of carbonyl (C=O) groups excluding carboxylic acids is 2. The molecular formula is C27H21FN2O4S. The lowest BCUT2D eigenvalue weighted by atomic mass is 9.95. The maximum Gasteiger partial charge on any atom is 0.301 e. The number of ether oxygens (including phenoxy) is 1. The molecular weight excluding hydrogens is 467 g/mol. The van der Waals surface area contributed by atoms with Gasteiger partial charge in [0.05, 0.1) is 22.9 Å². The molecule has 6 nitrogen and oxygen atoms in total. The molecule has 1 amide bonds. The van der Waals surface area contributed by atoms with Crippen molar-refractivity contribution < 1.29 is 23.8 Å². The summed E-state index contributed by atoms with van der Waals surface area (Å²) in [6, 6.07) is 15.1. The maximum atomic E-state index is 15.1. The van der Waals surface area contributed by atoms with Crippen LogP contribution in [0.15, 0.2) is 66.2 Å². The smallest absolute Gasteiger partial charge is 0.301 e. The lowest BCUT2D eigenvalue weighted by molar-refractivity contribution is -0.132. The van der Waals surface area contributed by atoms with E-state index >= 15 is 4.39 Å². The number of halogens is 1. The summed E-state index contributed by atoms with van der Waals surface area (Å²) in [5.74, 6) is -2.21. The third-order valence-electron chi connectivity index (χ3n) is 6.03. The van der Waals surface area contributed by atoms with Crippen molar-refractivity contribution in [1.29, 1.82) is 0 Å². The second-order valence-electron chi connectivity index (χ2n) is 8.34. The van der Waals surface area contributed by atoms with Crippen LogP contribution in [0.3, 0.4) is 0 Å². The molecule has 176 valence electrons. The van der Waals surface area contributed by atoms with Crippen molar-refractivity contribution >= 4 is 44.1 Å². The fourth-order valence-electron chi connectivity index (χ4n) is 4.39. The Kier molecular flexibility index (Phi) is 5.61. The summed E-state index contributed by atoms with van der Waals surface area (Å²) in [5, 5.41) is 11.4. The van der Waals surface area contributed by atoms with Gasteiger partial charge in [-0.1, -0.05) is 35.6 Å². The number of methoxy groups -OCH3 is 1. The first kappa shape index (κ1) is 22.7. The number of hydrogen-bond donors (Lipinski definition) is 1. The van der Waals surface area contributed by atoms with Crippen LogP contribution < -0.4 is 9.64 Å². The van der Waals surface area contributed by atoms with Crippen LogP contribution in [0.1, 0.15) is 28.3 Å². The highest BCUT2D eigenvalue weighted by atomic mass is 32.1. The molecule has 0 bridgehead atoms. The third-order valence-corrected chi connectivity index (χ3v) is 7.03. The highest BCUT2D eigenvalue weighted by Gasteiger charge is 2.49. The van der Waals surface area contributed by atoms with E-state index in [1.807, 2.05) is 26.0 Å². The predicted octanol–water partition coefficient (Wildman–Crippen LogP) is 5.69. The Labute approximate surface area is 204 Å². The summed E-state index contributed by atoms with van der Waals surface area (Å²) >= 11 is 1.25. The van der Waals surface area contributed by atoms with Crippen LogP contribution >= 0.6 is 11.3 Å². The zero-order valence-electron chi connectivity index (χ0n) is 19.2. The Morgan fingerprint density at radius 2 is 1.80 bits per heavy atom. The number of aryl methyl sites for hydroxylation is 2. The van der Waals surface area contributed by atoms with Crippen molar-refractivity contribution in [1.82, 2.24) is 4.98 Å². The van der Waals surface area contributed by atoms with Crippen LogP contribution in [0.5, 0.6) is 5.75 Å². The lowest BCUT2D eigenvalue weighted by Gasteiger charge is -2.23. The molecule has 2 heterocycles. The van der Waals surface area contributed by atoms with Crippen molar-refractivity contribution in [3.05, 3.63) is 94.3 Å². The number of benzene rings is 3. The van der Waals surface area contributed by atoms with E-state index in [2.05, 4.69) is 4.98 Å². The van der Waals surface area contributed by atoms with Crippen molar-refractivity contribution in [2.24, 2.45) is 0 Å². The fourth-order valence-corrected chi connectivity index (χ4v) is 5.56. The zero-order chi connectivity index (χ0) is 24.9.